The fourth-order valence-corrected chi connectivity index (χ4v) is 1.40. The van der Waals surface area contributed by atoms with E-state index in [0.29, 0.717) is 25.4 Å². The first-order valence-corrected chi connectivity index (χ1v) is 6.39. The molecule has 0 atom stereocenters. The lowest BCUT2D eigenvalue weighted by atomic mass is 10.3. The van der Waals surface area contributed by atoms with Gasteiger partial charge in [-0.05, 0) is 12.1 Å². The number of amides is 2. The first kappa shape index (κ1) is 16.1. The molecule has 2 amide bonds. The van der Waals surface area contributed by atoms with E-state index in [4.69, 9.17) is 4.74 Å². The summed E-state index contributed by atoms with van der Waals surface area (Å²) in [7, 11) is 1.63. The number of rotatable bonds is 9. The molecule has 0 aliphatic rings. The normalized spacial score (nSPS) is 10.1. The first-order chi connectivity index (χ1) is 9.74. The average molecular weight is 280 g/mol. The summed E-state index contributed by atoms with van der Waals surface area (Å²) < 4.78 is 4.87. The van der Waals surface area contributed by atoms with Crippen LogP contribution in [-0.2, 0) is 9.53 Å². The lowest BCUT2D eigenvalue weighted by Gasteiger charge is -2.07. The average Bonchev–Trinajstić information content (AvgIpc) is 2.49. The minimum atomic E-state index is -0.362. The Kier molecular flexibility index (Phi) is 7.93. The second kappa shape index (κ2) is 9.88. The Morgan fingerprint density at radius 3 is 2.75 bits per heavy atom. The molecule has 110 valence electrons. The molecular weight excluding hydrogens is 260 g/mol. The fraction of sp³-hybridized carbons (Fsp3) is 0.462. The predicted octanol–water partition coefficient (Wildman–Crippen LogP) is -0.836. The Balaban J connectivity index is 2.09. The Bertz CT molecular complexity index is 411. The van der Waals surface area contributed by atoms with Crippen LogP contribution < -0.4 is 16.0 Å². The largest absolute Gasteiger partial charge is 0.383 e. The van der Waals surface area contributed by atoms with Crippen LogP contribution in [0.1, 0.15) is 10.5 Å². The van der Waals surface area contributed by atoms with Gasteiger partial charge in [-0.2, -0.15) is 0 Å². The van der Waals surface area contributed by atoms with E-state index in [1.54, 1.807) is 25.3 Å². The van der Waals surface area contributed by atoms with Gasteiger partial charge < -0.3 is 20.7 Å². The van der Waals surface area contributed by atoms with Gasteiger partial charge in [0.15, 0.2) is 0 Å². The molecule has 20 heavy (non-hydrogen) atoms. The van der Waals surface area contributed by atoms with Crippen molar-refractivity contribution in [3.05, 3.63) is 30.1 Å². The van der Waals surface area contributed by atoms with Crippen LogP contribution in [0.3, 0.4) is 0 Å². The highest BCUT2D eigenvalue weighted by Crippen LogP contribution is 1.91. The van der Waals surface area contributed by atoms with E-state index in [1.165, 1.54) is 6.20 Å². The molecule has 7 nitrogen and oxygen atoms in total. The summed E-state index contributed by atoms with van der Waals surface area (Å²) >= 11 is 0. The SMILES string of the molecule is COCCNCCNC(=O)CNC(=O)c1ccccn1. The van der Waals surface area contributed by atoms with Gasteiger partial charge in [0.25, 0.3) is 5.91 Å². The van der Waals surface area contributed by atoms with Crippen molar-refractivity contribution in [1.29, 1.82) is 0 Å². The van der Waals surface area contributed by atoms with Crippen molar-refractivity contribution in [3.8, 4) is 0 Å². The molecule has 7 heteroatoms. The molecule has 1 aromatic heterocycles. The van der Waals surface area contributed by atoms with Crippen molar-refractivity contribution in [2.75, 3.05) is 39.9 Å². The maximum Gasteiger partial charge on any atom is 0.270 e. The van der Waals surface area contributed by atoms with Crippen LogP contribution in [0, 0.1) is 0 Å². The summed E-state index contributed by atoms with van der Waals surface area (Å²) in [6.07, 6.45) is 1.53. The molecule has 0 bridgehead atoms. The van der Waals surface area contributed by atoms with Crippen LogP contribution in [0.25, 0.3) is 0 Å². The first-order valence-electron chi connectivity index (χ1n) is 6.39. The van der Waals surface area contributed by atoms with Gasteiger partial charge in [-0.1, -0.05) is 6.07 Å². The van der Waals surface area contributed by atoms with Gasteiger partial charge >= 0.3 is 0 Å². The third-order valence-corrected chi connectivity index (χ3v) is 2.41. The Morgan fingerprint density at radius 1 is 1.20 bits per heavy atom. The Hall–Kier alpha value is -1.99. The maximum absolute atomic E-state index is 11.6. The number of carbonyl (C=O) groups excluding carboxylic acids is 2. The van der Waals surface area contributed by atoms with Crippen LogP contribution in [0.2, 0.25) is 0 Å². The maximum atomic E-state index is 11.6. The Morgan fingerprint density at radius 2 is 2.05 bits per heavy atom. The minimum Gasteiger partial charge on any atom is -0.383 e. The number of hydrogen-bond acceptors (Lipinski definition) is 5. The van der Waals surface area contributed by atoms with Crippen molar-refractivity contribution >= 4 is 11.8 Å². The lowest BCUT2D eigenvalue weighted by Crippen LogP contribution is -2.40. The second-order valence-electron chi connectivity index (χ2n) is 3.99. The van der Waals surface area contributed by atoms with Crippen LogP contribution in [-0.4, -0.2) is 56.7 Å². The van der Waals surface area contributed by atoms with Gasteiger partial charge in [-0.25, -0.2) is 0 Å². The van der Waals surface area contributed by atoms with Gasteiger partial charge in [0.2, 0.25) is 5.91 Å². The lowest BCUT2D eigenvalue weighted by molar-refractivity contribution is -0.120. The highest BCUT2D eigenvalue weighted by atomic mass is 16.5. The standard InChI is InChI=1S/C13H20N4O3/c1-20-9-8-14-6-7-16-12(18)10-17-13(19)11-4-2-3-5-15-11/h2-5,14H,6-10H2,1H3,(H,16,18)(H,17,19). The van der Waals surface area contributed by atoms with Gasteiger partial charge in [0.1, 0.15) is 5.69 Å². The topological polar surface area (TPSA) is 92.4 Å². The van der Waals surface area contributed by atoms with Crippen LogP contribution in [0.15, 0.2) is 24.4 Å². The van der Waals surface area contributed by atoms with Crippen LogP contribution in [0.4, 0.5) is 0 Å². The summed E-state index contributed by atoms with van der Waals surface area (Å²) in [5.74, 6) is -0.596. The van der Waals surface area contributed by atoms with E-state index in [2.05, 4.69) is 20.9 Å². The van der Waals surface area contributed by atoms with Gasteiger partial charge in [0.05, 0.1) is 13.2 Å². The smallest absolute Gasteiger partial charge is 0.270 e. The third-order valence-electron chi connectivity index (χ3n) is 2.41. The highest BCUT2D eigenvalue weighted by Gasteiger charge is 2.07. The number of nitrogens with one attached hydrogen (secondary N) is 3. The van der Waals surface area contributed by atoms with Crippen LogP contribution in [0.5, 0.6) is 0 Å². The molecular formula is C13H20N4O3. The molecule has 1 aromatic rings. The zero-order chi connectivity index (χ0) is 14.6. The zero-order valence-corrected chi connectivity index (χ0v) is 11.5. The molecule has 0 spiro atoms. The zero-order valence-electron chi connectivity index (χ0n) is 11.5. The predicted molar refractivity (Wildman–Crippen MR) is 74.3 cm³/mol. The monoisotopic (exact) mass is 280 g/mol. The number of hydrogen-bond donors (Lipinski definition) is 3. The Labute approximate surface area is 118 Å². The van der Waals surface area contributed by atoms with Crippen molar-refractivity contribution in [3.63, 3.8) is 0 Å². The number of pyridine rings is 1. The van der Waals surface area contributed by atoms with E-state index >= 15 is 0 Å². The quantitative estimate of drug-likeness (QED) is 0.513. The summed E-state index contributed by atoms with van der Waals surface area (Å²) in [4.78, 5) is 27.0. The molecule has 1 heterocycles. The molecule has 0 saturated carbocycles. The number of aromatic nitrogens is 1. The van der Waals surface area contributed by atoms with Crippen LogP contribution >= 0.6 is 0 Å². The van der Waals surface area contributed by atoms with Crippen molar-refractivity contribution in [2.24, 2.45) is 0 Å². The fourth-order valence-electron chi connectivity index (χ4n) is 1.40. The molecule has 0 fully saturated rings. The van der Waals surface area contributed by atoms with Crippen molar-refractivity contribution in [1.82, 2.24) is 20.9 Å². The van der Waals surface area contributed by atoms with Crippen molar-refractivity contribution in [2.45, 2.75) is 0 Å². The van der Waals surface area contributed by atoms with E-state index in [1.807, 2.05) is 0 Å². The summed E-state index contributed by atoms with van der Waals surface area (Å²) in [6.45, 7) is 2.47. The summed E-state index contributed by atoms with van der Waals surface area (Å²) in [5.41, 5.74) is 0.293. The molecule has 0 aliphatic heterocycles. The van der Waals surface area contributed by atoms with E-state index in [-0.39, 0.29) is 18.4 Å². The summed E-state index contributed by atoms with van der Waals surface area (Å²) in [6, 6.07) is 5.03. The number of carbonyl (C=O) groups is 2. The number of ether oxygens (including phenoxy) is 1. The van der Waals surface area contributed by atoms with Crippen molar-refractivity contribution < 1.29 is 14.3 Å². The summed E-state index contributed by atoms with van der Waals surface area (Å²) in [5, 5.41) is 8.29. The number of nitrogens with zero attached hydrogens (tertiary/aromatic N) is 1. The molecule has 0 radical (unpaired) electrons. The molecule has 0 unspecified atom stereocenters. The number of methoxy groups -OCH3 is 1. The highest BCUT2D eigenvalue weighted by molar-refractivity contribution is 5.94. The second-order valence-corrected chi connectivity index (χ2v) is 3.99. The van der Waals surface area contributed by atoms with E-state index in [9.17, 15) is 9.59 Å². The van der Waals surface area contributed by atoms with E-state index in [0.717, 1.165) is 6.54 Å². The van der Waals surface area contributed by atoms with Gasteiger partial charge in [0, 0.05) is 32.9 Å². The molecule has 0 aromatic carbocycles. The van der Waals surface area contributed by atoms with E-state index < -0.39 is 0 Å². The minimum absolute atomic E-state index is 0.0620. The molecule has 3 N–H and O–H groups in total. The third kappa shape index (κ3) is 6.81. The van der Waals surface area contributed by atoms with Gasteiger partial charge in [-0.3, -0.25) is 14.6 Å². The molecule has 0 aliphatic carbocycles. The van der Waals surface area contributed by atoms with Gasteiger partial charge in [-0.15, -0.1) is 0 Å². The molecule has 1 rings (SSSR count). The molecule has 0 saturated heterocycles.